The van der Waals surface area contributed by atoms with E-state index in [2.05, 4.69) is 37.0 Å². The highest BCUT2D eigenvalue weighted by Gasteiger charge is 2.07. The number of hydrogen-bond acceptors (Lipinski definition) is 1. The average Bonchev–Trinajstić information content (AvgIpc) is 2.69. The fourth-order valence-corrected chi connectivity index (χ4v) is 3.37. The first-order valence-corrected chi connectivity index (χ1v) is 10.1. The number of aryl methyl sites for hydroxylation is 2. The summed E-state index contributed by atoms with van der Waals surface area (Å²) in [4.78, 5) is 4.52. The van der Waals surface area contributed by atoms with Crippen LogP contribution in [0.1, 0.15) is 50.8 Å². The van der Waals surface area contributed by atoms with E-state index in [0.717, 1.165) is 53.6 Å². The SMILES string of the molecule is CCCCCc1ccc(-c2ccc(-c3ccc(CCC)nc3)cc2)c(F)c1. The molecule has 0 saturated heterocycles. The van der Waals surface area contributed by atoms with Crippen LogP contribution in [-0.2, 0) is 12.8 Å². The number of benzene rings is 2. The summed E-state index contributed by atoms with van der Waals surface area (Å²) in [5, 5.41) is 0. The Bertz CT molecular complexity index is 850. The minimum atomic E-state index is -0.137. The van der Waals surface area contributed by atoms with Gasteiger partial charge in [-0.1, -0.05) is 75.6 Å². The van der Waals surface area contributed by atoms with Gasteiger partial charge in [0.25, 0.3) is 0 Å². The third kappa shape index (κ3) is 5.03. The quantitative estimate of drug-likeness (QED) is 0.385. The number of aromatic nitrogens is 1. The summed E-state index contributed by atoms with van der Waals surface area (Å²) in [5.41, 5.74) is 5.97. The molecule has 0 spiro atoms. The molecule has 0 unspecified atom stereocenters. The Hall–Kier alpha value is -2.48. The van der Waals surface area contributed by atoms with Crippen LogP contribution in [0.2, 0.25) is 0 Å². The van der Waals surface area contributed by atoms with Crippen LogP contribution in [0.4, 0.5) is 4.39 Å². The monoisotopic (exact) mass is 361 g/mol. The van der Waals surface area contributed by atoms with E-state index in [1.807, 2.05) is 36.5 Å². The smallest absolute Gasteiger partial charge is 0.131 e. The standard InChI is InChI=1S/C25H28FN/c1-3-5-6-8-19-9-16-24(25(26)17-19)21-12-10-20(11-13-21)22-14-15-23(7-4-2)27-18-22/h9-18H,3-8H2,1-2H3. The molecule has 0 aliphatic heterocycles. The fourth-order valence-electron chi connectivity index (χ4n) is 3.37. The van der Waals surface area contributed by atoms with Gasteiger partial charge in [-0.05, 0) is 48.1 Å². The molecule has 3 aromatic rings. The zero-order chi connectivity index (χ0) is 19.1. The van der Waals surface area contributed by atoms with Gasteiger partial charge in [0, 0.05) is 23.0 Å². The molecule has 0 fully saturated rings. The van der Waals surface area contributed by atoms with E-state index in [0.29, 0.717) is 5.56 Å². The van der Waals surface area contributed by atoms with Gasteiger partial charge in [0.1, 0.15) is 5.82 Å². The van der Waals surface area contributed by atoms with Gasteiger partial charge in [-0.25, -0.2) is 4.39 Å². The largest absolute Gasteiger partial charge is 0.261 e. The van der Waals surface area contributed by atoms with Crippen LogP contribution in [0.15, 0.2) is 60.8 Å². The molecule has 0 bridgehead atoms. The molecule has 0 atom stereocenters. The molecule has 0 radical (unpaired) electrons. The topological polar surface area (TPSA) is 12.9 Å². The Morgan fingerprint density at radius 3 is 2.11 bits per heavy atom. The van der Waals surface area contributed by atoms with Crippen molar-refractivity contribution >= 4 is 0 Å². The van der Waals surface area contributed by atoms with Crippen LogP contribution in [0.25, 0.3) is 22.3 Å². The molecule has 1 aromatic heterocycles. The lowest BCUT2D eigenvalue weighted by Crippen LogP contribution is -1.91. The Morgan fingerprint density at radius 1 is 0.741 bits per heavy atom. The molecule has 0 N–H and O–H groups in total. The lowest BCUT2D eigenvalue weighted by Gasteiger charge is -2.08. The number of unbranched alkanes of at least 4 members (excludes halogenated alkanes) is 2. The van der Waals surface area contributed by atoms with Crippen molar-refractivity contribution in [1.29, 1.82) is 0 Å². The summed E-state index contributed by atoms with van der Waals surface area (Å²) in [7, 11) is 0. The van der Waals surface area contributed by atoms with E-state index in [-0.39, 0.29) is 5.82 Å². The molecule has 3 rings (SSSR count). The van der Waals surface area contributed by atoms with Gasteiger partial charge in [0.05, 0.1) is 0 Å². The second kappa shape index (κ2) is 9.45. The minimum absolute atomic E-state index is 0.137. The van der Waals surface area contributed by atoms with Crippen molar-refractivity contribution in [3.05, 3.63) is 77.9 Å². The highest BCUT2D eigenvalue weighted by Crippen LogP contribution is 2.27. The van der Waals surface area contributed by atoms with E-state index < -0.39 is 0 Å². The highest BCUT2D eigenvalue weighted by molar-refractivity contribution is 5.70. The van der Waals surface area contributed by atoms with Gasteiger partial charge >= 0.3 is 0 Å². The summed E-state index contributed by atoms with van der Waals surface area (Å²) >= 11 is 0. The molecule has 0 aliphatic rings. The molecular weight excluding hydrogens is 333 g/mol. The number of hydrogen-bond donors (Lipinski definition) is 0. The molecular formula is C25H28FN. The molecule has 0 saturated carbocycles. The molecule has 2 aromatic carbocycles. The molecule has 0 aliphatic carbocycles. The molecule has 1 heterocycles. The summed E-state index contributed by atoms with van der Waals surface area (Å²) in [6.07, 6.45) is 8.48. The van der Waals surface area contributed by atoms with Gasteiger partial charge in [-0.3, -0.25) is 4.98 Å². The van der Waals surface area contributed by atoms with Gasteiger partial charge in [0.15, 0.2) is 0 Å². The first kappa shape index (κ1) is 19.3. The van der Waals surface area contributed by atoms with Crippen LogP contribution < -0.4 is 0 Å². The molecule has 0 amide bonds. The van der Waals surface area contributed by atoms with E-state index in [1.54, 1.807) is 6.07 Å². The zero-order valence-electron chi connectivity index (χ0n) is 16.3. The maximum Gasteiger partial charge on any atom is 0.131 e. The van der Waals surface area contributed by atoms with Crippen LogP contribution in [0.3, 0.4) is 0 Å². The van der Waals surface area contributed by atoms with Crippen LogP contribution in [-0.4, -0.2) is 4.98 Å². The van der Waals surface area contributed by atoms with Crippen molar-refractivity contribution < 1.29 is 4.39 Å². The van der Waals surface area contributed by atoms with Gasteiger partial charge in [-0.15, -0.1) is 0 Å². The Balaban J connectivity index is 1.74. The van der Waals surface area contributed by atoms with E-state index in [1.165, 1.54) is 12.8 Å². The van der Waals surface area contributed by atoms with Crippen LogP contribution in [0.5, 0.6) is 0 Å². The van der Waals surface area contributed by atoms with Crippen molar-refractivity contribution in [3.63, 3.8) is 0 Å². The third-order valence-electron chi connectivity index (χ3n) is 4.96. The van der Waals surface area contributed by atoms with Crippen molar-refractivity contribution in [3.8, 4) is 22.3 Å². The zero-order valence-corrected chi connectivity index (χ0v) is 16.3. The highest BCUT2D eigenvalue weighted by atomic mass is 19.1. The Kier molecular flexibility index (Phi) is 6.75. The van der Waals surface area contributed by atoms with Crippen molar-refractivity contribution in [2.45, 2.75) is 52.4 Å². The number of nitrogens with zero attached hydrogens (tertiary/aromatic N) is 1. The predicted octanol–water partition coefficient (Wildman–Crippen LogP) is 7.24. The van der Waals surface area contributed by atoms with Crippen molar-refractivity contribution in [1.82, 2.24) is 4.98 Å². The maximum absolute atomic E-state index is 14.6. The first-order valence-electron chi connectivity index (χ1n) is 10.1. The van der Waals surface area contributed by atoms with Gasteiger partial charge in [0.2, 0.25) is 0 Å². The molecule has 2 heteroatoms. The summed E-state index contributed by atoms with van der Waals surface area (Å²) in [6, 6.07) is 17.9. The van der Waals surface area contributed by atoms with E-state index >= 15 is 0 Å². The normalized spacial score (nSPS) is 10.9. The van der Waals surface area contributed by atoms with E-state index in [9.17, 15) is 4.39 Å². The average molecular weight is 362 g/mol. The number of rotatable bonds is 8. The third-order valence-corrected chi connectivity index (χ3v) is 4.96. The van der Waals surface area contributed by atoms with Crippen LogP contribution in [0, 0.1) is 5.82 Å². The number of pyridine rings is 1. The second-order valence-electron chi connectivity index (χ2n) is 7.14. The maximum atomic E-state index is 14.6. The Labute approximate surface area is 162 Å². The number of halogens is 1. The predicted molar refractivity (Wildman–Crippen MR) is 112 cm³/mol. The Morgan fingerprint density at radius 2 is 1.48 bits per heavy atom. The fraction of sp³-hybridized carbons (Fsp3) is 0.320. The van der Waals surface area contributed by atoms with Gasteiger partial charge < -0.3 is 0 Å². The minimum Gasteiger partial charge on any atom is -0.261 e. The summed E-state index contributed by atoms with van der Waals surface area (Å²) < 4.78 is 14.6. The summed E-state index contributed by atoms with van der Waals surface area (Å²) in [6.45, 7) is 4.34. The van der Waals surface area contributed by atoms with Gasteiger partial charge in [-0.2, -0.15) is 0 Å². The first-order chi connectivity index (χ1) is 13.2. The lowest BCUT2D eigenvalue weighted by molar-refractivity contribution is 0.626. The second-order valence-corrected chi connectivity index (χ2v) is 7.14. The van der Waals surface area contributed by atoms with Crippen LogP contribution >= 0.6 is 0 Å². The molecule has 27 heavy (non-hydrogen) atoms. The molecule has 140 valence electrons. The summed E-state index contributed by atoms with van der Waals surface area (Å²) in [5.74, 6) is -0.137. The lowest BCUT2D eigenvalue weighted by atomic mass is 9.98. The van der Waals surface area contributed by atoms with E-state index in [4.69, 9.17) is 0 Å². The van der Waals surface area contributed by atoms with Crippen molar-refractivity contribution in [2.75, 3.05) is 0 Å². The van der Waals surface area contributed by atoms with Crippen molar-refractivity contribution in [2.24, 2.45) is 0 Å². The molecule has 1 nitrogen and oxygen atoms in total.